The van der Waals surface area contributed by atoms with Crippen molar-refractivity contribution in [1.29, 1.82) is 0 Å². The molecule has 1 atom stereocenters. The Morgan fingerprint density at radius 1 is 1.14 bits per heavy atom. The van der Waals surface area contributed by atoms with E-state index in [0.29, 0.717) is 0 Å². The summed E-state index contributed by atoms with van der Waals surface area (Å²) in [7, 11) is -3.80. The van der Waals surface area contributed by atoms with E-state index in [1.54, 1.807) is 24.3 Å². The summed E-state index contributed by atoms with van der Waals surface area (Å²) < 4.78 is 25.7. The van der Waals surface area contributed by atoms with Crippen LogP contribution in [-0.4, -0.2) is 42.4 Å². The van der Waals surface area contributed by atoms with Crippen LogP contribution in [0.3, 0.4) is 0 Å². The highest BCUT2D eigenvalue weighted by molar-refractivity contribution is 7.89. The highest BCUT2D eigenvalue weighted by atomic mass is 32.2. The molecule has 1 rings (SSSR count). The van der Waals surface area contributed by atoms with Crippen molar-refractivity contribution in [3.8, 4) is 0 Å². The van der Waals surface area contributed by atoms with Gasteiger partial charge >= 0.3 is 11.9 Å². The predicted octanol–water partition coefficient (Wildman–Crippen LogP) is 0.466. The lowest BCUT2D eigenvalue weighted by atomic mass is 10.2. The van der Waals surface area contributed by atoms with E-state index in [1.807, 2.05) is 10.8 Å². The van der Waals surface area contributed by atoms with Crippen molar-refractivity contribution in [1.82, 2.24) is 4.72 Å². The largest absolute Gasteiger partial charge is 0.481 e. The number of carboxylic acids is 2. The summed E-state index contributed by atoms with van der Waals surface area (Å²) in [6.07, 6.45) is -0.463. The zero-order valence-electron chi connectivity index (χ0n) is 11.2. The molecule has 0 radical (unpaired) electrons. The Hall–Kier alpha value is -1.93. The first-order valence-corrected chi connectivity index (χ1v) is 7.94. The zero-order valence-corrected chi connectivity index (χ0v) is 12.0. The van der Waals surface area contributed by atoms with E-state index in [-0.39, 0.29) is 18.6 Å². The lowest BCUT2D eigenvalue weighted by Gasteiger charge is -2.13. The number of aryl methyl sites for hydroxylation is 1. The molecule has 21 heavy (non-hydrogen) atoms. The van der Waals surface area contributed by atoms with E-state index in [0.717, 1.165) is 5.56 Å². The predicted molar refractivity (Wildman–Crippen MR) is 75.4 cm³/mol. The minimum atomic E-state index is -3.80. The highest BCUT2D eigenvalue weighted by Crippen LogP contribution is 2.04. The summed E-state index contributed by atoms with van der Waals surface area (Å²) in [5.74, 6) is -2.82. The standard InChI is InChI=1S/C13H17NO6S/c15-12(16)7-6-11(13(17)18)14-21(19,20)9-8-10-4-2-1-3-5-10/h1-5,11,14H,6-9H2,(H,15,16)(H,17,18)/t11-/m0/s1. The third kappa shape index (κ3) is 6.87. The normalized spacial score (nSPS) is 12.8. The SMILES string of the molecule is O=C(O)CC[C@H](NS(=O)(=O)CCc1ccccc1)C(=O)O. The minimum absolute atomic E-state index is 0.251. The fourth-order valence-corrected chi connectivity index (χ4v) is 2.95. The number of benzene rings is 1. The van der Waals surface area contributed by atoms with Gasteiger partial charge in [-0.2, -0.15) is 0 Å². The van der Waals surface area contributed by atoms with Crippen molar-refractivity contribution < 1.29 is 28.2 Å². The van der Waals surface area contributed by atoms with Crippen LogP contribution in [0.25, 0.3) is 0 Å². The maximum atomic E-state index is 11.8. The summed E-state index contributed by atoms with van der Waals surface area (Å²) in [6, 6.07) is 7.48. The Morgan fingerprint density at radius 2 is 1.76 bits per heavy atom. The number of hydrogen-bond donors (Lipinski definition) is 3. The second-order valence-corrected chi connectivity index (χ2v) is 6.37. The van der Waals surface area contributed by atoms with Crippen LogP contribution in [0, 0.1) is 0 Å². The quantitative estimate of drug-likeness (QED) is 0.609. The van der Waals surface area contributed by atoms with Crippen molar-refractivity contribution in [3.05, 3.63) is 35.9 Å². The molecule has 0 unspecified atom stereocenters. The van der Waals surface area contributed by atoms with Crippen molar-refractivity contribution in [2.45, 2.75) is 25.3 Å². The molecule has 0 aromatic heterocycles. The summed E-state index contributed by atoms with van der Waals surface area (Å²) in [4.78, 5) is 21.4. The topological polar surface area (TPSA) is 121 Å². The third-order valence-corrected chi connectivity index (χ3v) is 4.15. The van der Waals surface area contributed by atoms with Crippen LogP contribution in [0.15, 0.2) is 30.3 Å². The summed E-state index contributed by atoms with van der Waals surface area (Å²) in [5.41, 5.74) is 0.820. The van der Waals surface area contributed by atoms with E-state index in [2.05, 4.69) is 0 Å². The van der Waals surface area contributed by atoms with Gasteiger partial charge in [-0.1, -0.05) is 30.3 Å². The highest BCUT2D eigenvalue weighted by Gasteiger charge is 2.24. The van der Waals surface area contributed by atoms with Crippen molar-refractivity contribution in [2.75, 3.05) is 5.75 Å². The molecule has 116 valence electrons. The Labute approximate surface area is 122 Å². The molecule has 1 aromatic carbocycles. The summed E-state index contributed by atoms with van der Waals surface area (Å²) in [5, 5.41) is 17.4. The minimum Gasteiger partial charge on any atom is -0.481 e. The van der Waals surface area contributed by atoms with Gasteiger partial charge in [0, 0.05) is 6.42 Å². The number of rotatable bonds is 9. The molecule has 0 amide bonds. The molecule has 0 aliphatic carbocycles. The number of carboxylic acid groups (broad SMARTS) is 2. The maximum Gasteiger partial charge on any atom is 0.321 e. The molecule has 7 nitrogen and oxygen atoms in total. The molecule has 0 heterocycles. The van der Waals surface area contributed by atoms with Gasteiger partial charge in [-0.05, 0) is 18.4 Å². The Morgan fingerprint density at radius 3 is 2.29 bits per heavy atom. The van der Waals surface area contributed by atoms with Crippen molar-refractivity contribution >= 4 is 22.0 Å². The molecule has 0 saturated carbocycles. The lowest BCUT2D eigenvalue weighted by molar-refractivity contribution is -0.140. The van der Waals surface area contributed by atoms with Gasteiger partial charge in [-0.3, -0.25) is 9.59 Å². The summed E-state index contributed by atoms with van der Waals surface area (Å²) >= 11 is 0. The van der Waals surface area contributed by atoms with Crippen LogP contribution in [0.4, 0.5) is 0 Å². The molecule has 0 aliphatic heterocycles. The number of nitrogens with one attached hydrogen (secondary N) is 1. The van der Waals surface area contributed by atoms with Crippen LogP contribution in [0.5, 0.6) is 0 Å². The molecule has 8 heteroatoms. The van der Waals surface area contributed by atoms with Gasteiger partial charge in [0.2, 0.25) is 10.0 Å². The average molecular weight is 315 g/mol. The molecular weight excluding hydrogens is 298 g/mol. The first-order valence-electron chi connectivity index (χ1n) is 6.28. The van der Waals surface area contributed by atoms with E-state index in [9.17, 15) is 18.0 Å². The fraction of sp³-hybridized carbons (Fsp3) is 0.385. The van der Waals surface area contributed by atoms with E-state index in [4.69, 9.17) is 10.2 Å². The third-order valence-electron chi connectivity index (χ3n) is 2.77. The molecule has 0 fully saturated rings. The maximum absolute atomic E-state index is 11.8. The van der Waals surface area contributed by atoms with Gasteiger partial charge in [0.1, 0.15) is 6.04 Å². The Balaban J connectivity index is 2.59. The molecular formula is C13H17NO6S. The number of hydrogen-bond acceptors (Lipinski definition) is 4. The number of carbonyl (C=O) groups is 2. The van der Waals surface area contributed by atoms with Gasteiger partial charge in [0.05, 0.1) is 5.75 Å². The van der Waals surface area contributed by atoms with E-state index < -0.39 is 34.4 Å². The second-order valence-electron chi connectivity index (χ2n) is 4.50. The Bertz CT molecular complexity index is 584. The van der Waals surface area contributed by atoms with Gasteiger partial charge in [0.15, 0.2) is 0 Å². The Kier molecular flexibility index (Phi) is 6.32. The molecule has 1 aromatic rings. The van der Waals surface area contributed by atoms with Crippen LogP contribution in [0.1, 0.15) is 18.4 Å². The van der Waals surface area contributed by atoms with Gasteiger partial charge in [0.25, 0.3) is 0 Å². The summed E-state index contributed by atoms with van der Waals surface area (Å²) in [6.45, 7) is 0. The zero-order chi connectivity index (χ0) is 15.9. The fourth-order valence-electron chi connectivity index (χ4n) is 1.67. The first-order chi connectivity index (χ1) is 9.80. The smallest absolute Gasteiger partial charge is 0.321 e. The number of sulfonamides is 1. The molecule has 3 N–H and O–H groups in total. The molecule has 0 bridgehead atoms. The van der Waals surface area contributed by atoms with Gasteiger partial charge in [-0.25, -0.2) is 13.1 Å². The van der Waals surface area contributed by atoms with Crippen molar-refractivity contribution in [3.63, 3.8) is 0 Å². The molecule has 0 aliphatic rings. The van der Waals surface area contributed by atoms with Crippen LogP contribution in [0.2, 0.25) is 0 Å². The lowest BCUT2D eigenvalue weighted by Crippen LogP contribution is -2.42. The second kappa shape index (κ2) is 7.75. The van der Waals surface area contributed by atoms with Crippen molar-refractivity contribution in [2.24, 2.45) is 0 Å². The van der Waals surface area contributed by atoms with Gasteiger partial charge < -0.3 is 10.2 Å². The van der Waals surface area contributed by atoms with Gasteiger partial charge in [-0.15, -0.1) is 0 Å². The molecule has 0 spiro atoms. The van der Waals surface area contributed by atoms with Crippen LogP contribution in [-0.2, 0) is 26.0 Å². The van der Waals surface area contributed by atoms with E-state index in [1.165, 1.54) is 0 Å². The average Bonchev–Trinajstić information content (AvgIpc) is 2.42. The number of aliphatic carboxylic acids is 2. The van der Waals surface area contributed by atoms with Crippen LogP contribution < -0.4 is 4.72 Å². The molecule has 0 saturated heterocycles. The first kappa shape index (κ1) is 17.1. The van der Waals surface area contributed by atoms with Crippen LogP contribution >= 0.6 is 0 Å². The van der Waals surface area contributed by atoms with E-state index >= 15 is 0 Å². The monoisotopic (exact) mass is 315 g/mol.